The predicted molar refractivity (Wildman–Crippen MR) is 181 cm³/mol. The highest BCUT2D eigenvalue weighted by atomic mass is 16.5. The predicted octanol–water partition coefficient (Wildman–Crippen LogP) is 6.47. The number of ether oxygens (including phenoxy) is 1. The third-order valence-electron chi connectivity index (χ3n) is 9.26. The van der Waals surface area contributed by atoms with Crippen molar-refractivity contribution in [3.63, 3.8) is 0 Å². The summed E-state index contributed by atoms with van der Waals surface area (Å²) in [6, 6.07) is 24.1. The third kappa shape index (κ3) is 7.00. The number of aromatic nitrogens is 1. The quantitative estimate of drug-likeness (QED) is 0.237. The first-order chi connectivity index (χ1) is 21.9. The second kappa shape index (κ2) is 14.9. The number of nitrogens with zero attached hydrogens (tertiary/aromatic N) is 3. The van der Waals surface area contributed by atoms with Crippen LogP contribution in [0, 0.1) is 12.8 Å². The van der Waals surface area contributed by atoms with Gasteiger partial charge in [0.2, 0.25) is 5.91 Å². The molecule has 1 fully saturated rings. The monoisotopic (exact) mass is 608 g/mol. The molecule has 0 aliphatic carbocycles. The van der Waals surface area contributed by atoms with Crippen LogP contribution in [0.4, 0.5) is 0 Å². The summed E-state index contributed by atoms with van der Waals surface area (Å²) in [5, 5.41) is 4.41. The van der Waals surface area contributed by atoms with Crippen molar-refractivity contribution in [1.29, 1.82) is 0 Å². The van der Waals surface area contributed by atoms with Crippen molar-refractivity contribution in [2.24, 2.45) is 13.0 Å². The van der Waals surface area contributed by atoms with E-state index in [-0.39, 0.29) is 11.8 Å². The van der Waals surface area contributed by atoms with Gasteiger partial charge in [-0.05, 0) is 62.0 Å². The van der Waals surface area contributed by atoms with Gasteiger partial charge in [0.05, 0.1) is 18.6 Å². The summed E-state index contributed by atoms with van der Waals surface area (Å²) in [5.41, 5.74) is 6.11. The number of methoxy groups -OCH3 is 1. The van der Waals surface area contributed by atoms with E-state index in [1.807, 2.05) is 62.2 Å². The average Bonchev–Trinajstić information content (AvgIpc) is 3.40. The Morgan fingerprint density at radius 1 is 0.956 bits per heavy atom. The van der Waals surface area contributed by atoms with Gasteiger partial charge in [0.25, 0.3) is 5.91 Å². The number of benzene rings is 3. The van der Waals surface area contributed by atoms with Crippen molar-refractivity contribution in [3.8, 4) is 0 Å². The third-order valence-corrected chi connectivity index (χ3v) is 9.26. The van der Waals surface area contributed by atoms with Crippen LogP contribution in [0.1, 0.15) is 71.3 Å². The molecular weight excluding hydrogens is 560 g/mol. The molecule has 7 nitrogen and oxygen atoms in total. The van der Waals surface area contributed by atoms with Crippen LogP contribution in [-0.2, 0) is 23.1 Å². The largest absolute Gasteiger partial charge is 0.383 e. The Balaban J connectivity index is 0.00000196. The second-order valence-electron chi connectivity index (χ2n) is 12.2. The molecule has 2 aliphatic heterocycles. The number of amides is 2. The number of rotatable bonds is 9. The smallest absolute Gasteiger partial charge is 0.254 e. The summed E-state index contributed by atoms with van der Waals surface area (Å²) in [6.45, 7) is 10.6. The van der Waals surface area contributed by atoms with E-state index >= 15 is 0 Å². The summed E-state index contributed by atoms with van der Waals surface area (Å²) in [4.78, 5) is 32.6. The zero-order valence-electron chi connectivity index (χ0n) is 27.5. The molecule has 4 aromatic rings. The lowest BCUT2D eigenvalue weighted by molar-refractivity contribution is -0.124. The molecule has 6 rings (SSSR count). The summed E-state index contributed by atoms with van der Waals surface area (Å²) < 4.78 is 7.52. The Labute approximate surface area is 268 Å². The summed E-state index contributed by atoms with van der Waals surface area (Å²) >= 11 is 0. The number of carbonyl (C=O) groups is 2. The van der Waals surface area contributed by atoms with E-state index in [1.54, 1.807) is 7.11 Å². The number of likely N-dealkylation sites (tertiary alicyclic amines) is 1. The van der Waals surface area contributed by atoms with Crippen LogP contribution in [0.2, 0.25) is 0 Å². The van der Waals surface area contributed by atoms with Crippen molar-refractivity contribution in [2.45, 2.75) is 52.1 Å². The van der Waals surface area contributed by atoms with Crippen LogP contribution in [0.25, 0.3) is 10.9 Å². The van der Waals surface area contributed by atoms with Gasteiger partial charge in [0.1, 0.15) is 0 Å². The Kier molecular flexibility index (Phi) is 10.7. The summed E-state index contributed by atoms with van der Waals surface area (Å²) in [7, 11) is 3.66. The van der Waals surface area contributed by atoms with Gasteiger partial charge in [-0.1, -0.05) is 80.1 Å². The number of aryl methyl sites for hydroxylation is 2. The topological polar surface area (TPSA) is 66.8 Å². The lowest BCUT2D eigenvalue weighted by Crippen LogP contribution is -2.49. The van der Waals surface area contributed by atoms with Crippen LogP contribution < -0.4 is 5.32 Å². The van der Waals surface area contributed by atoms with Gasteiger partial charge in [-0.15, -0.1) is 0 Å². The Bertz CT molecular complexity index is 1600. The first kappa shape index (κ1) is 32.5. The van der Waals surface area contributed by atoms with E-state index in [4.69, 9.17) is 4.74 Å². The lowest BCUT2D eigenvalue weighted by Gasteiger charge is -2.41. The van der Waals surface area contributed by atoms with Gasteiger partial charge < -0.3 is 19.5 Å². The van der Waals surface area contributed by atoms with E-state index in [0.717, 1.165) is 54.5 Å². The molecule has 3 aromatic carbocycles. The van der Waals surface area contributed by atoms with E-state index in [2.05, 4.69) is 64.3 Å². The highest BCUT2D eigenvalue weighted by Crippen LogP contribution is 2.45. The molecule has 1 saturated heterocycles. The minimum absolute atomic E-state index is 0.0255. The zero-order chi connectivity index (χ0) is 31.9. The van der Waals surface area contributed by atoms with E-state index in [9.17, 15) is 9.59 Å². The average molecular weight is 609 g/mol. The normalized spacial score (nSPS) is 18.8. The van der Waals surface area contributed by atoms with Gasteiger partial charge in [-0.25, -0.2) is 0 Å². The molecule has 1 N–H and O–H groups in total. The number of hydrogen-bond acceptors (Lipinski definition) is 4. The first-order valence-corrected chi connectivity index (χ1v) is 16.4. The second-order valence-corrected chi connectivity index (χ2v) is 12.2. The summed E-state index contributed by atoms with van der Waals surface area (Å²) in [6.07, 6.45) is 4.19. The molecule has 0 radical (unpaired) electrons. The molecule has 7 heteroatoms. The molecule has 0 bridgehead atoms. The van der Waals surface area contributed by atoms with Crippen molar-refractivity contribution < 1.29 is 14.3 Å². The number of hydrogen-bond donors (Lipinski definition) is 1. The number of carbonyl (C=O) groups excluding carboxylic acids is 2. The van der Waals surface area contributed by atoms with Crippen molar-refractivity contribution in [1.82, 2.24) is 19.7 Å². The zero-order valence-corrected chi connectivity index (χ0v) is 27.5. The fourth-order valence-electron chi connectivity index (χ4n) is 7.04. The molecular formula is C38H48N4O3. The molecule has 2 unspecified atom stereocenters. The minimum atomic E-state index is -0.530. The molecule has 0 spiro atoms. The lowest BCUT2D eigenvalue weighted by atomic mass is 9.79. The molecule has 0 saturated carbocycles. The molecule has 2 amide bonds. The number of fused-ring (bicyclic) bond motifs is 2. The Morgan fingerprint density at radius 3 is 2.44 bits per heavy atom. The maximum absolute atomic E-state index is 14.3. The van der Waals surface area contributed by atoms with E-state index < -0.39 is 12.0 Å². The van der Waals surface area contributed by atoms with Gasteiger partial charge in [-0.2, -0.15) is 0 Å². The van der Waals surface area contributed by atoms with Gasteiger partial charge in [-0.3, -0.25) is 14.5 Å². The molecule has 2 atom stereocenters. The first-order valence-electron chi connectivity index (χ1n) is 16.4. The minimum Gasteiger partial charge on any atom is -0.383 e. The number of piperidine rings is 1. The van der Waals surface area contributed by atoms with Gasteiger partial charge in [0, 0.05) is 62.0 Å². The molecule has 3 heterocycles. The molecule has 238 valence electrons. The Hall–Kier alpha value is -3.94. The van der Waals surface area contributed by atoms with Crippen LogP contribution in [-0.4, -0.2) is 66.1 Å². The standard InChI is InChI=1S/C36H42N4O3.C2H6/c1-25-9-8-10-27(21-25)23-39-17-15-26(16-18-39)22-37-35(41)33-29-12-4-5-13-30(29)36(42)40(19-20-43-3)34(33)31-24-38(2)32-14-7-6-11-28(31)32;1-2/h4-14,21,24,26,33-34H,15-20,22-23H2,1-3H3,(H,37,41);1-2H3. The van der Waals surface area contributed by atoms with E-state index in [1.165, 1.54) is 11.1 Å². The Morgan fingerprint density at radius 2 is 1.69 bits per heavy atom. The van der Waals surface area contributed by atoms with Crippen LogP contribution in [0.5, 0.6) is 0 Å². The molecule has 2 aliphatic rings. The van der Waals surface area contributed by atoms with Crippen molar-refractivity contribution in [2.75, 3.05) is 39.9 Å². The number of para-hydroxylation sites is 1. The fraction of sp³-hybridized carbons (Fsp3) is 0.421. The fourth-order valence-corrected chi connectivity index (χ4v) is 7.04. The molecule has 1 aromatic heterocycles. The highest BCUT2D eigenvalue weighted by molar-refractivity contribution is 6.02. The van der Waals surface area contributed by atoms with Crippen LogP contribution in [0.3, 0.4) is 0 Å². The molecule has 45 heavy (non-hydrogen) atoms. The van der Waals surface area contributed by atoms with E-state index in [0.29, 0.717) is 31.2 Å². The van der Waals surface area contributed by atoms with Crippen LogP contribution >= 0.6 is 0 Å². The SMILES string of the molecule is CC.COCCN1C(=O)c2ccccc2C(C(=O)NCC2CCN(Cc3cccc(C)c3)CC2)C1c1cn(C)c2ccccc12. The van der Waals surface area contributed by atoms with Crippen molar-refractivity contribution in [3.05, 3.63) is 107 Å². The van der Waals surface area contributed by atoms with Crippen molar-refractivity contribution >= 4 is 22.7 Å². The highest BCUT2D eigenvalue weighted by Gasteiger charge is 2.45. The van der Waals surface area contributed by atoms with Gasteiger partial charge >= 0.3 is 0 Å². The van der Waals surface area contributed by atoms with Gasteiger partial charge in [0.15, 0.2) is 0 Å². The number of nitrogens with one attached hydrogen (secondary N) is 1. The maximum atomic E-state index is 14.3. The summed E-state index contributed by atoms with van der Waals surface area (Å²) in [5.74, 6) is -0.185. The maximum Gasteiger partial charge on any atom is 0.254 e. The van der Waals surface area contributed by atoms with Crippen LogP contribution in [0.15, 0.2) is 79.0 Å².